The van der Waals surface area contributed by atoms with E-state index >= 15 is 0 Å². The lowest BCUT2D eigenvalue weighted by Gasteiger charge is -2.08. The second-order valence-electron chi connectivity index (χ2n) is 5.26. The predicted octanol–water partition coefficient (Wildman–Crippen LogP) is 3.22. The van der Waals surface area contributed by atoms with Crippen molar-refractivity contribution in [3.05, 3.63) is 59.8 Å². The number of ether oxygens (including phenoxy) is 2. The molecular formula is C18H20N2O2. The summed E-state index contributed by atoms with van der Waals surface area (Å²) in [7, 11) is 3.70. The van der Waals surface area contributed by atoms with Gasteiger partial charge in [-0.05, 0) is 47.3 Å². The minimum absolute atomic E-state index is 0.523. The number of nitrogens with two attached hydrogens (primary N) is 1. The Hall–Kier alpha value is -2.46. The van der Waals surface area contributed by atoms with E-state index in [0.717, 1.165) is 22.8 Å². The molecule has 0 saturated heterocycles. The number of rotatable bonds is 5. The van der Waals surface area contributed by atoms with Crippen LogP contribution in [0.5, 0.6) is 11.5 Å². The lowest BCUT2D eigenvalue weighted by Crippen LogP contribution is -2.02. The molecule has 3 rings (SSSR count). The van der Waals surface area contributed by atoms with E-state index in [1.54, 1.807) is 7.11 Å². The normalized spacial score (nSPS) is 10.9. The van der Waals surface area contributed by atoms with Crippen LogP contribution in [0.25, 0.3) is 10.9 Å². The minimum atomic E-state index is 0.523. The molecule has 4 heteroatoms. The van der Waals surface area contributed by atoms with Crippen molar-refractivity contribution in [2.45, 2.75) is 13.2 Å². The summed E-state index contributed by atoms with van der Waals surface area (Å²) in [6, 6.07) is 16.1. The molecule has 0 aliphatic heterocycles. The number of methoxy groups -OCH3 is 1. The molecule has 4 nitrogen and oxygen atoms in total. The van der Waals surface area contributed by atoms with E-state index in [1.165, 1.54) is 10.9 Å². The molecule has 0 spiro atoms. The van der Waals surface area contributed by atoms with Gasteiger partial charge in [-0.1, -0.05) is 12.1 Å². The van der Waals surface area contributed by atoms with Crippen molar-refractivity contribution in [1.29, 1.82) is 0 Å². The molecule has 0 bridgehead atoms. The van der Waals surface area contributed by atoms with E-state index < -0.39 is 0 Å². The summed E-state index contributed by atoms with van der Waals surface area (Å²) in [6.45, 7) is 1.08. The fourth-order valence-electron chi connectivity index (χ4n) is 2.53. The van der Waals surface area contributed by atoms with Crippen molar-refractivity contribution in [2.24, 2.45) is 12.8 Å². The van der Waals surface area contributed by atoms with Gasteiger partial charge in [0.2, 0.25) is 0 Å². The van der Waals surface area contributed by atoms with Crippen molar-refractivity contribution in [3.63, 3.8) is 0 Å². The van der Waals surface area contributed by atoms with E-state index in [0.29, 0.717) is 13.2 Å². The molecule has 2 aromatic carbocycles. The molecular weight excluding hydrogens is 276 g/mol. The van der Waals surface area contributed by atoms with Crippen LogP contribution in [0, 0.1) is 0 Å². The molecule has 0 aliphatic rings. The highest BCUT2D eigenvalue weighted by Gasteiger charge is 2.07. The van der Waals surface area contributed by atoms with Crippen molar-refractivity contribution < 1.29 is 9.47 Å². The lowest BCUT2D eigenvalue weighted by atomic mass is 10.1. The number of hydrogen-bond donors (Lipinski definition) is 1. The molecule has 22 heavy (non-hydrogen) atoms. The molecule has 0 radical (unpaired) electrons. The third kappa shape index (κ3) is 2.78. The number of hydrogen-bond acceptors (Lipinski definition) is 3. The van der Waals surface area contributed by atoms with Crippen LogP contribution >= 0.6 is 0 Å². The van der Waals surface area contributed by atoms with Crippen LogP contribution in [0.2, 0.25) is 0 Å². The zero-order chi connectivity index (χ0) is 15.5. The van der Waals surface area contributed by atoms with E-state index in [4.69, 9.17) is 15.2 Å². The van der Waals surface area contributed by atoms with Gasteiger partial charge in [0.05, 0.1) is 12.8 Å². The zero-order valence-electron chi connectivity index (χ0n) is 12.9. The summed E-state index contributed by atoms with van der Waals surface area (Å²) in [5, 5.41) is 1.20. The highest BCUT2D eigenvalue weighted by atomic mass is 16.5. The van der Waals surface area contributed by atoms with Crippen LogP contribution in [-0.4, -0.2) is 11.7 Å². The first-order valence-corrected chi connectivity index (χ1v) is 7.25. The fraction of sp³-hybridized carbons (Fsp3) is 0.222. The van der Waals surface area contributed by atoms with Gasteiger partial charge in [-0.3, -0.25) is 0 Å². The Balaban J connectivity index is 1.79. The quantitative estimate of drug-likeness (QED) is 0.786. The average Bonchev–Trinajstić information content (AvgIpc) is 2.89. The Morgan fingerprint density at radius 2 is 1.73 bits per heavy atom. The summed E-state index contributed by atoms with van der Waals surface area (Å²) in [4.78, 5) is 0. The van der Waals surface area contributed by atoms with Gasteiger partial charge in [0.1, 0.15) is 18.1 Å². The van der Waals surface area contributed by atoms with Gasteiger partial charge >= 0.3 is 0 Å². The van der Waals surface area contributed by atoms with Crippen molar-refractivity contribution in [2.75, 3.05) is 7.11 Å². The molecule has 0 unspecified atom stereocenters. The Kier molecular flexibility index (Phi) is 4.02. The standard InChI is InChI=1S/C18H20N2O2/c1-20-15(10-14-4-3-13(11-19)9-18(14)20)12-22-17-7-5-16(21-2)6-8-17/h3-10H,11-12,19H2,1-2H3. The number of fused-ring (bicyclic) bond motifs is 1. The summed E-state index contributed by atoms with van der Waals surface area (Å²) < 4.78 is 13.2. The molecule has 114 valence electrons. The second-order valence-corrected chi connectivity index (χ2v) is 5.26. The Labute approximate surface area is 130 Å². The smallest absolute Gasteiger partial charge is 0.128 e. The van der Waals surface area contributed by atoms with E-state index in [9.17, 15) is 0 Å². The Morgan fingerprint density at radius 3 is 2.41 bits per heavy atom. The van der Waals surface area contributed by atoms with Crippen molar-refractivity contribution in [1.82, 2.24) is 4.57 Å². The third-order valence-electron chi connectivity index (χ3n) is 3.89. The summed E-state index contributed by atoms with van der Waals surface area (Å²) in [6.07, 6.45) is 0. The van der Waals surface area contributed by atoms with Gasteiger partial charge in [0, 0.05) is 19.1 Å². The van der Waals surface area contributed by atoms with Crippen LogP contribution in [0.15, 0.2) is 48.5 Å². The van der Waals surface area contributed by atoms with Crippen LogP contribution < -0.4 is 15.2 Å². The molecule has 1 heterocycles. The summed E-state index contributed by atoms with van der Waals surface area (Å²) in [5.74, 6) is 1.65. The Bertz CT molecular complexity index is 776. The topological polar surface area (TPSA) is 49.4 Å². The molecule has 0 aliphatic carbocycles. The largest absolute Gasteiger partial charge is 0.497 e. The van der Waals surface area contributed by atoms with Gasteiger partial charge in [0.15, 0.2) is 0 Å². The molecule has 3 aromatic rings. The van der Waals surface area contributed by atoms with Gasteiger partial charge in [-0.15, -0.1) is 0 Å². The predicted molar refractivity (Wildman–Crippen MR) is 88.1 cm³/mol. The maximum absolute atomic E-state index is 5.86. The average molecular weight is 296 g/mol. The van der Waals surface area contributed by atoms with Crippen LogP contribution in [0.4, 0.5) is 0 Å². The number of aryl methyl sites for hydroxylation is 1. The third-order valence-corrected chi connectivity index (χ3v) is 3.89. The number of aromatic nitrogens is 1. The molecule has 0 amide bonds. The lowest BCUT2D eigenvalue weighted by molar-refractivity contribution is 0.297. The first-order chi connectivity index (χ1) is 10.7. The van der Waals surface area contributed by atoms with Crippen LogP contribution in [0.1, 0.15) is 11.3 Å². The summed E-state index contributed by atoms with van der Waals surface area (Å²) >= 11 is 0. The molecule has 1 aromatic heterocycles. The zero-order valence-corrected chi connectivity index (χ0v) is 12.9. The maximum atomic E-state index is 5.86. The van der Waals surface area contributed by atoms with Crippen molar-refractivity contribution in [3.8, 4) is 11.5 Å². The molecule has 0 fully saturated rings. The molecule has 0 atom stereocenters. The first kappa shape index (κ1) is 14.5. The van der Waals surface area contributed by atoms with Gasteiger partial charge in [-0.25, -0.2) is 0 Å². The monoisotopic (exact) mass is 296 g/mol. The Morgan fingerprint density at radius 1 is 1.00 bits per heavy atom. The maximum Gasteiger partial charge on any atom is 0.128 e. The number of nitrogens with zero attached hydrogens (tertiary/aromatic N) is 1. The molecule has 2 N–H and O–H groups in total. The number of benzene rings is 2. The van der Waals surface area contributed by atoms with E-state index in [2.05, 4.69) is 35.9 Å². The van der Waals surface area contributed by atoms with Crippen LogP contribution in [-0.2, 0) is 20.2 Å². The SMILES string of the molecule is COc1ccc(OCc2cc3ccc(CN)cc3n2C)cc1. The van der Waals surface area contributed by atoms with Crippen molar-refractivity contribution >= 4 is 10.9 Å². The van der Waals surface area contributed by atoms with Gasteiger partial charge < -0.3 is 19.8 Å². The highest BCUT2D eigenvalue weighted by Crippen LogP contribution is 2.22. The minimum Gasteiger partial charge on any atom is -0.497 e. The fourth-order valence-corrected chi connectivity index (χ4v) is 2.53. The van der Waals surface area contributed by atoms with Gasteiger partial charge in [0.25, 0.3) is 0 Å². The van der Waals surface area contributed by atoms with E-state index in [-0.39, 0.29) is 0 Å². The van der Waals surface area contributed by atoms with E-state index in [1.807, 2.05) is 24.3 Å². The van der Waals surface area contributed by atoms with Gasteiger partial charge in [-0.2, -0.15) is 0 Å². The highest BCUT2D eigenvalue weighted by molar-refractivity contribution is 5.82. The second kappa shape index (κ2) is 6.12. The van der Waals surface area contributed by atoms with Crippen LogP contribution in [0.3, 0.4) is 0 Å². The first-order valence-electron chi connectivity index (χ1n) is 7.25. The summed E-state index contributed by atoms with van der Waals surface area (Å²) in [5.41, 5.74) is 9.15. The molecule has 0 saturated carbocycles.